The number of sulfonamides is 1. The van der Waals surface area contributed by atoms with Crippen LogP contribution in [-0.2, 0) is 10.0 Å². The molecule has 0 aromatic carbocycles. The quantitative estimate of drug-likeness (QED) is 0.612. The van der Waals surface area contributed by atoms with Crippen molar-refractivity contribution in [2.45, 2.75) is 11.3 Å². The number of aliphatic hydroxyl groups excluding tert-OH is 1. The maximum atomic E-state index is 12.0. The molecule has 0 saturated heterocycles. The Labute approximate surface area is 132 Å². The lowest BCUT2D eigenvalue weighted by Crippen LogP contribution is -2.26. The molecule has 104 valence electrons. The first-order valence-electron chi connectivity index (χ1n) is 5.10. The predicted molar refractivity (Wildman–Crippen MR) is 83.9 cm³/mol. The van der Waals surface area contributed by atoms with Crippen LogP contribution in [-0.4, -0.2) is 38.2 Å². The third kappa shape index (κ3) is 5.48. The maximum absolute atomic E-state index is 12.0. The summed E-state index contributed by atoms with van der Waals surface area (Å²) in [5, 5.41) is 8.60. The summed E-state index contributed by atoms with van der Waals surface area (Å²) < 4.78 is 27.8. The zero-order valence-corrected chi connectivity index (χ0v) is 15.0. The molecule has 1 aromatic rings. The zero-order valence-electron chi connectivity index (χ0n) is 9.36. The number of hydrogen-bond donors (Lipinski definition) is 2. The molecule has 0 bridgehead atoms. The third-order valence-electron chi connectivity index (χ3n) is 1.90. The largest absolute Gasteiger partial charge is 0.396 e. The van der Waals surface area contributed by atoms with Crippen molar-refractivity contribution in [3.05, 3.63) is 13.6 Å². The minimum absolute atomic E-state index is 0.175. The molecule has 0 aliphatic carbocycles. The molecule has 1 rings (SSSR count). The Balaban J connectivity index is 2.43. The van der Waals surface area contributed by atoms with Crippen molar-refractivity contribution >= 4 is 65.0 Å². The van der Waals surface area contributed by atoms with Crippen LogP contribution in [0.2, 0.25) is 0 Å². The number of hydrogen-bond acceptors (Lipinski definition) is 5. The minimum Gasteiger partial charge on any atom is -0.396 e. The number of aliphatic hydroxyl groups is 1. The van der Waals surface area contributed by atoms with Crippen LogP contribution in [0.1, 0.15) is 6.42 Å². The van der Waals surface area contributed by atoms with Gasteiger partial charge in [-0.15, -0.1) is 11.3 Å². The summed E-state index contributed by atoms with van der Waals surface area (Å²) in [5.74, 6) is 1.54. The molecule has 0 radical (unpaired) electrons. The molecule has 9 heteroatoms. The average Bonchev–Trinajstić information content (AvgIpc) is 2.63. The fourth-order valence-electron chi connectivity index (χ4n) is 1.10. The number of thiophene rings is 1. The summed E-state index contributed by atoms with van der Waals surface area (Å²) in [6.45, 7) is 0.562. The van der Waals surface area contributed by atoms with Gasteiger partial charge in [0, 0.05) is 18.9 Å². The summed E-state index contributed by atoms with van der Waals surface area (Å²) in [6, 6.07) is 1.58. The van der Waals surface area contributed by atoms with E-state index in [9.17, 15) is 8.42 Å². The van der Waals surface area contributed by atoms with Gasteiger partial charge in [0.05, 0.1) is 7.57 Å². The fourth-order valence-corrected chi connectivity index (χ4v) is 6.86. The van der Waals surface area contributed by atoms with Gasteiger partial charge in [-0.1, -0.05) is 0 Å². The van der Waals surface area contributed by atoms with Crippen LogP contribution in [0.4, 0.5) is 0 Å². The van der Waals surface area contributed by atoms with E-state index in [-0.39, 0.29) is 11.5 Å². The SMILES string of the molecule is O=S(=O)(NCCSCCCO)c1cc(Br)sc1Br. The standard InChI is InChI=1S/C9H13Br2NO3S3/c10-8-6-7(9(11)17-8)18(14,15)12-2-5-16-4-1-3-13/h6,12-13H,1-5H2. The maximum Gasteiger partial charge on any atom is 0.242 e. The van der Waals surface area contributed by atoms with Gasteiger partial charge in [-0.25, -0.2) is 13.1 Å². The highest BCUT2D eigenvalue weighted by atomic mass is 79.9. The first-order chi connectivity index (χ1) is 8.47. The Bertz CT molecular complexity index is 475. The van der Waals surface area contributed by atoms with Crippen LogP contribution in [0.15, 0.2) is 18.5 Å². The van der Waals surface area contributed by atoms with Gasteiger partial charge >= 0.3 is 0 Å². The van der Waals surface area contributed by atoms with Crippen LogP contribution >= 0.6 is 55.0 Å². The van der Waals surface area contributed by atoms with Crippen molar-refractivity contribution in [2.75, 3.05) is 24.7 Å². The van der Waals surface area contributed by atoms with E-state index in [1.807, 2.05) is 0 Å². The van der Waals surface area contributed by atoms with Crippen molar-refractivity contribution in [1.29, 1.82) is 0 Å². The monoisotopic (exact) mass is 437 g/mol. The molecule has 18 heavy (non-hydrogen) atoms. The molecule has 1 aromatic heterocycles. The van der Waals surface area contributed by atoms with E-state index in [4.69, 9.17) is 5.11 Å². The Morgan fingerprint density at radius 1 is 1.39 bits per heavy atom. The highest BCUT2D eigenvalue weighted by Crippen LogP contribution is 2.34. The molecule has 0 fully saturated rings. The van der Waals surface area contributed by atoms with Gasteiger partial charge in [0.15, 0.2) is 0 Å². The van der Waals surface area contributed by atoms with Gasteiger partial charge in [-0.2, -0.15) is 11.8 Å². The number of thioether (sulfide) groups is 1. The van der Waals surface area contributed by atoms with Crippen molar-refractivity contribution < 1.29 is 13.5 Å². The second kappa shape index (κ2) is 8.23. The topological polar surface area (TPSA) is 66.4 Å². The Hall–Kier alpha value is 0.880. The van der Waals surface area contributed by atoms with Crippen molar-refractivity contribution in [3.8, 4) is 0 Å². The molecule has 4 nitrogen and oxygen atoms in total. The van der Waals surface area contributed by atoms with Gasteiger partial charge in [-0.3, -0.25) is 0 Å². The van der Waals surface area contributed by atoms with E-state index < -0.39 is 10.0 Å². The smallest absolute Gasteiger partial charge is 0.242 e. The second-order valence-electron chi connectivity index (χ2n) is 3.28. The highest BCUT2D eigenvalue weighted by Gasteiger charge is 2.19. The first kappa shape index (κ1) is 16.9. The molecule has 2 N–H and O–H groups in total. The van der Waals surface area contributed by atoms with Crippen LogP contribution in [0, 0.1) is 0 Å². The highest BCUT2D eigenvalue weighted by molar-refractivity contribution is 9.12. The predicted octanol–water partition coefficient (Wildman–Crippen LogP) is 2.67. The summed E-state index contributed by atoms with van der Waals surface area (Å²) in [6.07, 6.45) is 0.737. The summed E-state index contributed by atoms with van der Waals surface area (Å²) in [5.41, 5.74) is 0. The van der Waals surface area contributed by atoms with E-state index in [1.165, 1.54) is 11.3 Å². The van der Waals surface area contributed by atoms with Gasteiger partial charge < -0.3 is 5.11 Å². The normalized spacial score (nSPS) is 11.9. The molecule has 0 amide bonds. The summed E-state index contributed by atoms with van der Waals surface area (Å²) in [7, 11) is -3.44. The van der Waals surface area contributed by atoms with Gasteiger partial charge in [0.25, 0.3) is 0 Å². The van der Waals surface area contributed by atoms with Crippen LogP contribution < -0.4 is 4.72 Å². The first-order valence-corrected chi connectivity index (χ1v) is 10.1. The minimum atomic E-state index is -3.44. The van der Waals surface area contributed by atoms with Gasteiger partial charge in [0.1, 0.15) is 4.90 Å². The van der Waals surface area contributed by atoms with Crippen molar-refractivity contribution in [3.63, 3.8) is 0 Å². The van der Waals surface area contributed by atoms with E-state index in [1.54, 1.807) is 17.8 Å². The fraction of sp³-hybridized carbons (Fsp3) is 0.556. The van der Waals surface area contributed by atoms with Crippen molar-refractivity contribution in [1.82, 2.24) is 4.72 Å². The number of halogens is 2. The summed E-state index contributed by atoms with van der Waals surface area (Å²) in [4.78, 5) is 0.264. The zero-order chi connectivity index (χ0) is 13.6. The molecular weight excluding hydrogens is 426 g/mol. The van der Waals surface area contributed by atoms with E-state index >= 15 is 0 Å². The second-order valence-corrected chi connectivity index (χ2v) is 9.99. The number of rotatable bonds is 8. The Morgan fingerprint density at radius 2 is 2.11 bits per heavy atom. The molecule has 0 spiro atoms. The summed E-state index contributed by atoms with van der Waals surface area (Å²) >= 11 is 9.43. The molecular formula is C9H13Br2NO3S3. The lowest BCUT2D eigenvalue weighted by Gasteiger charge is -2.05. The third-order valence-corrected chi connectivity index (χ3v) is 7.19. The average molecular weight is 439 g/mol. The molecule has 0 aliphatic heterocycles. The molecule has 0 atom stereocenters. The number of nitrogens with one attached hydrogen (secondary N) is 1. The van der Waals surface area contributed by atoms with Crippen LogP contribution in [0.5, 0.6) is 0 Å². The van der Waals surface area contributed by atoms with Crippen LogP contribution in [0.3, 0.4) is 0 Å². The van der Waals surface area contributed by atoms with Gasteiger partial charge in [-0.05, 0) is 50.1 Å². The van der Waals surface area contributed by atoms with Crippen LogP contribution in [0.25, 0.3) is 0 Å². The van der Waals surface area contributed by atoms with E-state index in [0.29, 0.717) is 16.1 Å². The lowest BCUT2D eigenvalue weighted by atomic mass is 10.5. The molecule has 0 unspecified atom stereocenters. The molecule has 1 heterocycles. The lowest BCUT2D eigenvalue weighted by molar-refractivity contribution is 0.296. The Morgan fingerprint density at radius 3 is 2.67 bits per heavy atom. The van der Waals surface area contributed by atoms with Gasteiger partial charge in [0.2, 0.25) is 10.0 Å². The Kier molecular flexibility index (Phi) is 7.74. The molecule has 0 saturated carbocycles. The van der Waals surface area contributed by atoms with E-state index in [2.05, 4.69) is 36.6 Å². The van der Waals surface area contributed by atoms with E-state index in [0.717, 1.165) is 16.0 Å². The molecule has 0 aliphatic rings. The van der Waals surface area contributed by atoms with Crippen molar-refractivity contribution in [2.24, 2.45) is 0 Å².